The lowest BCUT2D eigenvalue weighted by Crippen LogP contribution is -2.16. The van der Waals surface area contributed by atoms with Crippen LogP contribution in [0.4, 0.5) is 0 Å². The van der Waals surface area contributed by atoms with Crippen LogP contribution in [0, 0.1) is 12.3 Å². The highest BCUT2D eigenvalue weighted by Crippen LogP contribution is 2.19. The van der Waals surface area contributed by atoms with E-state index in [2.05, 4.69) is 5.32 Å². The third-order valence-electron chi connectivity index (χ3n) is 2.72. The number of phenolic OH excluding ortho intramolecular Hbond substituents is 1. The Morgan fingerprint density at radius 2 is 2.11 bits per heavy atom. The molecule has 1 aromatic carbocycles. The van der Waals surface area contributed by atoms with Gasteiger partial charge in [0.1, 0.15) is 5.75 Å². The molecular weight excluding hydrogens is 228 g/mol. The van der Waals surface area contributed by atoms with E-state index in [9.17, 15) is 5.11 Å². The number of aryl methyl sites for hydroxylation is 1. The lowest BCUT2D eigenvalue weighted by molar-refractivity contribution is 0.208. The van der Waals surface area contributed by atoms with Crippen LogP contribution in [0.5, 0.6) is 5.75 Å². The van der Waals surface area contributed by atoms with Crippen molar-refractivity contribution in [2.45, 2.75) is 20.8 Å². The summed E-state index contributed by atoms with van der Waals surface area (Å²) in [6.45, 7) is 6.10. The number of hydrogen-bond acceptors (Lipinski definition) is 4. The van der Waals surface area contributed by atoms with E-state index in [1.807, 2.05) is 20.8 Å². The zero-order chi connectivity index (χ0) is 13.7. The van der Waals surface area contributed by atoms with Gasteiger partial charge in [0.2, 0.25) is 0 Å². The fourth-order valence-electron chi connectivity index (χ4n) is 1.65. The molecule has 4 nitrogen and oxygen atoms in total. The summed E-state index contributed by atoms with van der Waals surface area (Å²) < 4.78 is 5.43. The summed E-state index contributed by atoms with van der Waals surface area (Å²) in [5, 5.41) is 20.6. The molecular formula is C14H20N2O2. The van der Waals surface area contributed by atoms with Crippen LogP contribution in [-0.2, 0) is 4.74 Å². The van der Waals surface area contributed by atoms with Gasteiger partial charge in [-0.25, -0.2) is 0 Å². The Hall–Kier alpha value is -1.97. The SMILES string of the molecule is CCO/C(NC)=C(\C)C(=N)c1ccc(O)c(C)c1. The topological polar surface area (TPSA) is 65.3 Å². The summed E-state index contributed by atoms with van der Waals surface area (Å²) in [5.74, 6) is 0.847. The fourth-order valence-corrected chi connectivity index (χ4v) is 1.65. The zero-order valence-corrected chi connectivity index (χ0v) is 11.3. The van der Waals surface area contributed by atoms with E-state index >= 15 is 0 Å². The highest BCUT2D eigenvalue weighted by atomic mass is 16.5. The summed E-state index contributed by atoms with van der Waals surface area (Å²) in [4.78, 5) is 0. The second kappa shape index (κ2) is 6.10. The van der Waals surface area contributed by atoms with Crippen molar-refractivity contribution in [3.05, 3.63) is 40.8 Å². The van der Waals surface area contributed by atoms with Gasteiger partial charge in [-0.2, -0.15) is 0 Å². The van der Waals surface area contributed by atoms with Crippen molar-refractivity contribution >= 4 is 5.71 Å². The Labute approximate surface area is 108 Å². The first-order valence-corrected chi connectivity index (χ1v) is 5.91. The zero-order valence-electron chi connectivity index (χ0n) is 11.3. The minimum absolute atomic E-state index is 0.242. The first-order valence-electron chi connectivity index (χ1n) is 5.91. The predicted octanol–water partition coefficient (Wildman–Crippen LogP) is 2.56. The van der Waals surface area contributed by atoms with Gasteiger partial charge in [0, 0.05) is 18.2 Å². The molecule has 0 unspecified atom stereocenters. The summed E-state index contributed by atoms with van der Waals surface area (Å²) >= 11 is 0. The van der Waals surface area contributed by atoms with Crippen LogP contribution in [0.25, 0.3) is 0 Å². The first-order chi connectivity index (χ1) is 8.51. The molecule has 18 heavy (non-hydrogen) atoms. The Morgan fingerprint density at radius 3 is 2.61 bits per heavy atom. The molecule has 4 heteroatoms. The highest BCUT2D eigenvalue weighted by molar-refractivity contribution is 6.10. The van der Waals surface area contributed by atoms with Gasteiger partial charge in [0.05, 0.1) is 12.3 Å². The van der Waals surface area contributed by atoms with E-state index in [0.717, 1.165) is 16.7 Å². The van der Waals surface area contributed by atoms with Crippen LogP contribution < -0.4 is 5.32 Å². The van der Waals surface area contributed by atoms with Gasteiger partial charge >= 0.3 is 0 Å². The van der Waals surface area contributed by atoms with Crippen LogP contribution in [0.1, 0.15) is 25.0 Å². The van der Waals surface area contributed by atoms with E-state index < -0.39 is 0 Å². The molecule has 0 aliphatic carbocycles. The van der Waals surface area contributed by atoms with Crippen LogP contribution in [0.15, 0.2) is 29.7 Å². The summed E-state index contributed by atoms with van der Waals surface area (Å²) in [5.41, 5.74) is 2.64. The molecule has 0 spiro atoms. The van der Waals surface area contributed by atoms with Gasteiger partial charge in [-0.3, -0.25) is 5.41 Å². The van der Waals surface area contributed by atoms with Crippen molar-refractivity contribution in [3.8, 4) is 5.75 Å². The molecule has 0 amide bonds. The maximum absolute atomic E-state index is 9.48. The Balaban J connectivity index is 3.09. The second-order valence-corrected chi connectivity index (χ2v) is 4.01. The average Bonchev–Trinajstić information content (AvgIpc) is 2.37. The molecule has 0 bridgehead atoms. The lowest BCUT2D eigenvalue weighted by atomic mass is 10.0. The summed E-state index contributed by atoms with van der Waals surface area (Å²) in [7, 11) is 1.77. The molecule has 0 radical (unpaired) electrons. The van der Waals surface area contributed by atoms with Crippen LogP contribution in [0.2, 0.25) is 0 Å². The minimum atomic E-state index is 0.242. The number of nitrogens with one attached hydrogen (secondary N) is 2. The van der Waals surface area contributed by atoms with E-state index in [1.165, 1.54) is 0 Å². The molecule has 0 aliphatic heterocycles. The van der Waals surface area contributed by atoms with Crippen molar-refractivity contribution < 1.29 is 9.84 Å². The minimum Gasteiger partial charge on any atom is -0.508 e. The smallest absolute Gasteiger partial charge is 0.191 e. The third-order valence-corrected chi connectivity index (χ3v) is 2.72. The first kappa shape index (κ1) is 14.1. The molecule has 0 saturated carbocycles. The monoisotopic (exact) mass is 248 g/mol. The molecule has 1 aromatic rings. The number of phenols is 1. The number of allylic oxidation sites excluding steroid dienone is 1. The molecule has 0 aromatic heterocycles. The van der Waals surface area contributed by atoms with Crippen molar-refractivity contribution in [1.29, 1.82) is 5.41 Å². The summed E-state index contributed by atoms with van der Waals surface area (Å²) in [6.07, 6.45) is 0. The molecule has 98 valence electrons. The van der Waals surface area contributed by atoms with Crippen LogP contribution >= 0.6 is 0 Å². The fraction of sp³-hybridized carbons (Fsp3) is 0.357. The normalized spacial score (nSPS) is 11.8. The Morgan fingerprint density at radius 1 is 1.44 bits per heavy atom. The highest BCUT2D eigenvalue weighted by Gasteiger charge is 2.11. The molecule has 0 aliphatic rings. The largest absolute Gasteiger partial charge is 0.508 e. The van der Waals surface area contributed by atoms with Crippen molar-refractivity contribution in [1.82, 2.24) is 5.32 Å². The second-order valence-electron chi connectivity index (χ2n) is 4.01. The van der Waals surface area contributed by atoms with Crippen LogP contribution in [0.3, 0.4) is 0 Å². The molecule has 1 rings (SSSR count). The number of rotatable bonds is 5. The van der Waals surface area contributed by atoms with E-state index in [0.29, 0.717) is 18.2 Å². The van der Waals surface area contributed by atoms with Crippen LogP contribution in [-0.4, -0.2) is 24.5 Å². The maximum Gasteiger partial charge on any atom is 0.191 e. The standard InChI is InChI=1S/C14H20N2O2/c1-5-18-14(16-4)10(3)13(15)11-6-7-12(17)9(2)8-11/h6-8,15-17H,5H2,1-4H3/b14-10+,15-13?. The van der Waals surface area contributed by atoms with Gasteiger partial charge in [-0.05, 0) is 44.5 Å². The Kier molecular flexibility index (Phi) is 4.77. The van der Waals surface area contributed by atoms with Gasteiger partial charge in [-0.15, -0.1) is 0 Å². The van der Waals surface area contributed by atoms with Gasteiger partial charge in [-0.1, -0.05) is 0 Å². The molecule has 0 atom stereocenters. The van der Waals surface area contributed by atoms with Crippen molar-refractivity contribution in [3.63, 3.8) is 0 Å². The lowest BCUT2D eigenvalue weighted by Gasteiger charge is -2.13. The number of hydrogen-bond donors (Lipinski definition) is 3. The maximum atomic E-state index is 9.48. The van der Waals surface area contributed by atoms with E-state index in [1.54, 1.807) is 25.2 Å². The average molecular weight is 248 g/mol. The molecule has 0 saturated heterocycles. The molecule has 0 heterocycles. The van der Waals surface area contributed by atoms with Crippen molar-refractivity contribution in [2.24, 2.45) is 0 Å². The van der Waals surface area contributed by atoms with E-state index in [4.69, 9.17) is 10.1 Å². The third kappa shape index (κ3) is 3.03. The number of aromatic hydroxyl groups is 1. The van der Waals surface area contributed by atoms with Gasteiger partial charge < -0.3 is 15.2 Å². The molecule has 3 N–H and O–H groups in total. The summed E-state index contributed by atoms with van der Waals surface area (Å²) in [6, 6.07) is 5.12. The number of benzene rings is 1. The van der Waals surface area contributed by atoms with Gasteiger partial charge in [0.25, 0.3) is 0 Å². The predicted molar refractivity (Wildman–Crippen MR) is 73.1 cm³/mol. The van der Waals surface area contributed by atoms with E-state index in [-0.39, 0.29) is 5.75 Å². The van der Waals surface area contributed by atoms with Crippen molar-refractivity contribution in [2.75, 3.05) is 13.7 Å². The Bertz CT molecular complexity index is 479. The molecule has 0 fully saturated rings. The quantitative estimate of drug-likeness (QED) is 0.554. The number of ether oxygens (including phenoxy) is 1. The van der Waals surface area contributed by atoms with Gasteiger partial charge in [0.15, 0.2) is 5.88 Å².